The molecule has 6 heteroatoms. The fourth-order valence-electron chi connectivity index (χ4n) is 4.13. The maximum Gasteiger partial charge on any atom is 0.254 e. The number of amides is 2. The summed E-state index contributed by atoms with van der Waals surface area (Å²) < 4.78 is 7.36. The van der Waals surface area contributed by atoms with Gasteiger partial charge in [0.15, 0.2) is 0 Å². The molecule has 0 saturated heterocycles. The maximum absolute atomic E-state index is 13.5. The van der Waals surface area contributed by atoms with Crippen molar-refractivity contribution >= 4 is 11.8 Å². The summed E-state index contributed by atoms with van der Waals surface area (Å²) in [5.41, 5.74) is 3.89. The van der Waals surface area contributed by atoms with E-state index in [0.717, 1.165) is 17.8 Å². The minimum atomic E-state index is -0.130. The lowest BCUT2D eigenvalue weighted by Crippen LogP contribution is -2.45. The number of methoxy groups -OCH3 is 1. The standard InChI is InChI=1S/C29H37N3O3/c1-23(2)32(21-27-15-9-16-30(27)20-25-12-6-5-7-13-25)28(33)22-31(17-10-18-35-4)29(34)26-14-8-11-24(3)19-26/h5-9,11-16,19,23H,10,17-18,20-22H2,1-4H3. The molecule has 0 saturated carbocycles. The molecule has 0 aliphatic carbocycles. The third-order valence-electron chi connectivity index (χ3n) is 6.05. The van der Waals surface area contributed by atoms with Crippen LogP contribution in [0.25, 0.3) is 0 Å². The van der Waals surface area contributed by atoms with Crippen LogP contribution in [-0.2, 0) is 22.6 Å². The Balaban J connectivity index is 1.75. The molecule has 0 fully saturated rings. The fourth-order valence-corrected chi connectivity index (χ4v) is 4.13. The van der Waals surface area contributed by atoms with E-state index in [1.165, 1.54) is 5.56 Å². The molecule has 0 N–H and O–H groups in total. The van der Waals surface area contributed by atoms with Crippen molar-refractivity contribution < 1.29 is 14.3 Å². The van der Waals surface area contributed by atoms with Crippen molar-refractivity contribution in [2.75, 3.05) is 26.8 Å². The highest BCUT2D eigenvalue weighted by atomic mass is 16.5. The van der Waals surface area contributed by atoms with Crippen LogP contribution < -0.4 is 0 Å². The first-order valence-corrected chi connectivity index (χ1v) is 12.2. The van der Waals surface area contributed by atoms with Gasteiger partial charge in [0.25, 0.3) is 5.91 Å². The van der Waals surface area contributed by atoms with Crippen molar-refractivity contribution in [2.24, 2.45) is 0 Å². The molecule has 3 aromatic rings. The number of hydrogen-bond donors (Lipinski definition) is 0. The van der Waals surface area contributed by atoms with Gasteiger partial charge in [0.1, 0.15) is 6.54 Å². The van der Waals surface area contributed by atoms with Gasteiger partial charge < -0.3 is 19.1 Å². The Morgan fingerprint density at radius 1 is 1.00 bits per heavy atom. The third kappa shape index (κ3) is 7.55. The van der Waals surface area contributed by atoms with E-state index < -0.39 is 0 Å². The molecule has 1 heterocycles. The van der Waals surface area contributed by atoms with E-state index >= 15 is 0 Å². The SMILES string of the molecule is COCCCN(CC(=O)N(Cc1cccn1Cc1ccccc1)C(C)C)C(=O)c1cccc(C)c1. The van der Waals surface area contributed by atoms with Crippen LogP contribution in [0.5, 0.6) is 0 Å². The largest absolute Gasteiger partial charge is 0.385 e. The summed E-state index contributed by atoms with van der Waals surface area (Å²) in [7, 11) is 1.64. The lowest BCUT2D eigenvalue weighted by molar-refractivity contribution is -0.134. The summed E-state index contributed by atoms with van der Waals surface area (Å²) in [6, 6.07) is 21.9. The van der Waals surface area contributed by atoms with Gasteiger partial charge in [-0.1, -0.05) is 48.0 Å². The number of nitrogens with zero attached hydrogens (tertiary/aromatic N) is 3. The molecular formula is C29H37N3O3. The molecule has 2 aromatic carbocycles. The predicted molar refractivity (Wildman–Crippen MR) is 139 cm³/mol. The Morgan fingerprint density at radius 3 is 2.46 bits per heavy atom. The van der Waals surface area contributed by atoms with Gasteiger partial charge in [-0.25, -0.2) is 0 Å². The van der Waals surface area contributed by atoms with E-state index in [9.17, 15) is 9.59 Å². The first-order valence-electron chi connectivity index (χ1n) is 12.2. The molecule has 0 aliphatic heterocycles. The molecule has 0 aliphatic rings. The van der Waals surface area contributed by atoms with Crippen molar-refractivity contribution in [1.82, 2.24) is 14.4 Å². The Morgan fingerprint density at radius 2 is 1.77 bits per heavy atom. The first kappa shape index (κ1) is 26.2. The van der Waals surface area contributed by atoms with Crippen LogP contribution in [0, 0.1) is 6.92 Å². The highest BCUT2D eigenvalue weighted by Crippen LogP contribution is 2.15. The van der Waals surface area contributed by atoms with Crippen molar-refractivity contribution in [1.29, 1.82) is 0 Å². The summed E-state index contributed by atoms with van der Waals surface area (Å²) in [6.07, 6.45) is 2.71. The molecular weight excluding hydrogens is 438 g/mol. The van der Waals surface area contributed by atoms with Crippen LogP contribution in [0.2, 0.25) is 0 Å². The monoisotopic (exact) mass is 475 g/mol. The van der Waals surface area contributed by atoms with Gasteiger partial charge in [0, 0.05) is 50.3 Å². The molecule has 186 valence electrons. The van der Waals surface area contributed by atoms with E-state index in [1.807, 2.05) is 74.3 Å². The Hall–Kier alpha value is -3.38. The quantitative estimate of drug-likeness (QED) is 0.355. The van der Waals surface area contributed by atoms with Crippen molar-refractivity contribution in [3.05, 3.63) is 95.3 Å². The number of hydrogen-bond acceptors (Lipinski definition) is 3. The van der Waals surface area contributed by atoms with Crippen LogP contribution >= 0.6 is 0 Å². The lowest BCUT2D eigenvalue weighted by Gasteiger charge is -2.31. The highest BCUT2D eigenvalue weighted by Gasteiger charge is 2.24. The lowest BCUT2D eigenvalue weighted by atomic mass is 10.1. The minimum Gasteiger partial charge on any atom is -0.385 e. The van der Waals surface area contributed by atoms with Gasteiger partial charge >= 0.3 is 0 Å². The highest BCUT2D eigenvalue weighted by molar-refractivity contribution is 5.96. The average Bonchev–Trinajstić information content (AvgIpc) is 3.28. The zero-order valence-corrected chi connectivity index (χ0v) is 21.3. The maximum atomic E-state index is 13.5. The van der Waals surface area contributed by atoms with E-state index in [-0.39, 0.29) is 24.4 Å². The molecule has 0 atom stereocenters. The molecule has 35 heavy (non-hydrogen) atoms. The third-order valence-corrected chi connectivity index (χ3v) is 6.05. The smallest absolute Gasteiger partial charge is 0.254 e. The van der Waals surface area contributed by atoms with E-state index in [1.54, 1.807) is 18.1 Å². The molecule has 0 unspecified atom stereocenters. The fraction of sp³-hybridized carbons (Fsp3) is 0.379. The average molecular weight is 476 g/mol. The number of aryl methyl sites for hydroxylation is 1. The van der Waals surface area contributed by atoms with Crippen LogP contribution in [0.3, 0.4) is 0 Å². The Kier molecular flexibility index (Phi) is 9.67. The van der Waals surface area contributed by atoms with Gasteiger partial charge in [0.2, 0.25) is 5.91 Å². The number of carbonyl (C=O) groups excluding carboxylic acids is 2. The van der Waals surface area contributed by atoms with Gasteiger partial charge in [-0.2, -0.15) is 0 Å². The first-order chi connectivity index (χ1) is 16.9. The van der Waals surface area contributed by atoms with E-state index in [0.29, 0.717) is 31.7 Å². The topological polar surface area (TPSA) is 54.8 Å². The van der Waals surface area contributed by atoms with Crippen molar-refractivity contribution in [2.45, 2.75) is 46.3 Å². The van der Waals surface area contributed by atoms with Crippen molar-refractivity contribution in [3.8, 4) is 0 Å². The number of benzene rings is 2. The Bertz CT molecular complexity index is 1090. The van der Waals surface area contributed by atoms with E-state index in [4.69, 9.17) is 4.74 Å². The second-order valence-corrected chi connectivity index (χ2v) is 9.17. The van der Waals surface area contributed by atoms with Crippen LogP contribution in [0.1, 0.15) is 47.4 Å². The summed E-state index contributed by atoms with van der Waals surface area (Å²) in [4.78, 5) is 30.3. The normalized spacial score (nSPS) is 11.0. The molecule has 3 rings (SSSR count). The molecule has 1 aromatic heterocycles. The van der Waals surface area contributed by atoms with Gasteiger partial charge in [-0.3, -0.25) is 9.59 Å². The van der Waals surface area contributed by atoms with Crippen LogP contribution in [0.15, 0.2) is 72.9 Å². The van der Waals surface area contributed by atoms with Gasteiger partial charge in [-0.15, -0.1) is 0 Å². The number of aromatic nitrogens is 1. The summed E-state index contributed by atoms with van der Waals surface area (Å²) in [5.74, 6) is -0.194. The predicted octanol–water partition coefficient (Wildman–Crippen LogP) is 4.76. The van der Waals surface area contributed by atoms with Gasteiger partial charge in [0.05, 0.1) is 6.54 Å². The second-order valence-electron chi connectivity index (χ2n) is 9.17. The molecule has 0 radical (unpaired) electrons. The van der Waals surface area contributed by atoms with Crippen molar-refractivity contribution in [3.63, 3.8) is 0 Å². The molecule has 6 nitrogen and oxygen atoms in total. The molecule has 0 bridgehead atoms. The van der Waals surface area contributed by atoms with Crippen LogP contribution in [0.4, 0.5) is 0 Å². The zero-order chi connectivity index (χ0) is 25.2. The Labute approximate surface area is 209 Å². The molecule has 2 amide bonds. The summed E-state index contributed by atoms with van der Waals surface area (Å²) >= 11 is 0. The molecule has 0 spiro atoms. The summed E-state index contributed by atoms with van der Waals surface area (Å²) in [5, 5.41) is 0. The zero-order valence-electron chi connectivity index (χ0n) is 21.3. The van der Waals surface area contributed by atoms with E-state index in [2.05, 4.69) is 22.8 Å². The second kappa shape index (κ2) is 12.9. The van der Waals surface area contributed by atoms with Gasteiger partial charge in [-0.05, 0) is 57.0 Å². The summed E-state index contributed by atoms with van der Waals surface area (Å²) in [6.45, 7) is 8.25. The number of rotatable bonds is 12. The van der Waals surface area contributed by atoms with Crippen LogP contribution in [-0.4, -0.2) is 59.0 Å². The number of carbonyl (C=O) groups is 2. The minimum absolute atomic E-state index is 0.00234. The number of ether oxygens (including phenoxy) is 1.